The van der Waals surface area contributed by atoms with Gasteiger partial charge in [-0.3, -0.25) is 9.55 Å². The molecule has 0 amide bonds. The minimum absolute atomic E-state index is 0.103. The van der Waals surface area contributed by atoms with E-state index in [4.69, 9.17) is 0 Å². The summed E-state index contributed by atoms with van der Waals surface area (Å²) in [4.78, 5) is 16.3. The normalized spacial score (nSPS) is 10.5. The van der Waals surface area contributed by atoms with Gasteiger partial charge in [0.1, 0.15) is 6.33 Å². The number of aryl methyl sites for hydroxylation is 1. The summed E-state index contributed by atoms with van der Waals surface area (Å²) in [6.07, 6.45) is 3.25. The largest absolute Gasteiger partial charge is 0.345 e. The molecule has 0 saturated carbocycles. The lowest BCUT2D eigenvalue weighted by Gasteiger charge is -1.93. The Hall–Kier alpha value is -1.43. The molecule has 0 aliphatic rings. The standard InChI is InChI=1S/C7H8N4OS/c1-10-4-9-11(7(10)12)3-6-2-8-5-13-6/h2,4-5H,3H2,1H3. The van der Waals surface area contributed by atoms with Gasteiger partial charge < -0.3 is 0 Å². The van der Waals surface area contributed by atoms with Crippen molar-refractivity contribution in [2.75, 3.05) is 0 Å². The van der Waals surface area contributed by atoms with Gasteiger partial charge in [-0.15, -0.1) is 11.3 Å². The van der Waals surface area contributed by atoms with Crippen molar-refractivity contribution in [3.8, 4) is 0 Å². The second-order valence-electron chi connectivity index (χ2n) is 2.65. The highest BCUT2D eigenvalue weighted by Gasteiger charge is 2.02. The van der Waals surface area contributed by atoms with Crippen molar-refractivity contribution < 1.29 is 0 Å². The third-order valence-corrected chi connectivity index (χ3v) is 2.44. The van der Waals surface area contributed by atoms with Crippen molar-refractivity contribution >= 4 is 11.3 Å². The summed E-state index contributed by atoms with van der Waals surface area (Å²) < 4.78 is 2.86. The molecular formula is C7H8N4OS. The van der Waals surface area contributed by atoms with Gasteiger partial charge in [0.2, 0.25) is 0 Å². The number of rotatable bonds is 2. The molecule has 0 aromatic carbocycles. The van der Waals surface area contributed by atoms with E-state index >= 15 is 0 Å². The van der Waals surface area contributed by atoms with Gasteiger partial charge in [0.25, 0.3) is 0 Å². The van der Waals surface area contributed by atoms with Crippen molar-refractivity contribution in [3.05, 3.63) is 33.4 Å². The fraction of sp³-hybridized carbons (Fsp3) is 0.286. The van der Waals surface area contributed by atoms with E-state index in [1.165, 1.54) is 26.9 Å². The van der Waals surface area contributed by atoms with E-state index in [0.29, 0.717) is 6.54 Å². The molecule has 6 heteroatoms. The monoisotopic (exact) mass is 196 g/mol. The first-order valence-electron chi connectivity index (χ1n) is 3.73. The summed E-state index contributed by atoms with van der Waals surface area (Å²) in [6, 6.07) is 0. The summed E-state index contributed by atoms with van der Waals surface area (Å²) in [6.45, 7) is 0.504. The molecule has 0 N–H and O–H groups in total. The van der Waals surface area contributed by atoms with Crippen LogP contribution in [-0.4, -0.2) is 19.3 Å². The maximum atomic E-state index is 11.3. The van der Waals surface area contributed by atoms with Crippen molar-refractivity contribution in [2.24, 2.45) is 7.05 Å². The van der Waals surface area contributed by atoms with E-state index in [2.05, 4.69) is 10.1 Å². The van der Waals surface area contributed by atoms with Crippen LogP contribution in [0, 0.1) is 0 Å². The van der Waals surface area contributed by atoms with Crippen LogP contribution in [-0.2, 0) is 13.6 Å². The molecule has 2 aromatic rings. The van der Waals surface area contributed by atoms with Crippen LogP contribution >= 0.6 is 11.3 Å². The molecule has 0 fully saturated rings. The molecule has 2 aromatic heterocycles. The molecule has 13 heavy (non-hydrogen) atoms. The SMILES string of the molecule is Cn1cnn(Cc2cncs2)c1=O. The molecule has 2 rings (SSSR count). The highest BCUT2D eigenvalue weighted by atomic mass is 32.1. The van der Waals surface area contributed by atoms with Crippen molar-refractivity contribution in [2.45, 2.75) is 6.54 Å². The number of aromatic nitrogens is 4. The zero-order chi connectivity index (χ0) is 9.26. The maximum absolute atomic E-state index is 11.3. The van der Waals surface area contributed by atoms with Gasteiger partial charge in [-0.05, 0) is 0 Å². The molecule has 0 unspecified atom stereocenters. The minimum Gasteiger partial charge on any atom is -0.285 e. The lowest BCUT2D eigenvalue weighted by Crippen LogP contribution is -2.23. The molecule has 5 nitrogen and oxygen atoms in total. The molecule has 68 valence electrons. The van der Waals surface area contributed by atoms with Crippen LogP contribution in [0.25, 0.3) is 0 Å². The number of hydrogen-bond donors (Lipinski definition) is 0. The molecule has 0 atom stereocenters. The first-order valence-corrected chi connectivity index (χ1v) is 4.61. The predicted molar refractivity (Wildman–Crippen MR) is 48.7 cm³/mol. The van der Waals surface area contributed by atoms with Gasteiger partial charge in [0, 0.05) is 18.1 Å². The van der Waals surface area contributed by atoms with Gasteiger partial charge in [-0.25, -0.2) is 9.48 Å². The van der Waals surface area contributed by atoms with E-state index in [0.717, 1.165) is 4.88 Å². The summed E-state index contributed by atoms with van der Waals surface area (Å²) in [5.74, 6) is 0. The predicted octanol–water partition coefficient (Wildman–Crippen LogP) is 0.0866. The average molecular weight is 196 g/mol. The first-order chi connectivity index (χ1) is 6.27. The minimum atomic E-state index is -0.103. The van der Waals surface area contributed by atoms with Crippen LogP contribution in [0.3, 0.4) is 0 Å². The number of hydrogen-bond acceptors (Lipinski definition) is 4. The van der Waals surface area contributed by atoms with E-state index in [9.17, 15) is 4.79 Å². The zero-order valence-corrected chi connectivity index (χ0v) is 7.86. The third-order valence-electron chi connectivity index (χ3n) is 1.68. The second-order valence-corrected chi connectivity index (χ2v) is 3.62. The molecular weight excluding hydrogens is 188 g/mol. The Kier molecular flexibility index (Phi) is 1.97. The molecule has 0 radical (unpaired) electrons. The fourth-order valence-corrected chi connectivity index (χ4v) is 1.57. The Labute approximate surface area is 78.3 Å². The van der Waals surface area contributed by atoms with Gasteiger partial charge in [-0.1, -0.05) is 0 Å². The highest BCUT2D eigenvalue weighted by molar-refractivity contribution is 7.09. The van der Waals surface area contributed by atoms with E-state index in [-0.39, 0.29) is 5.69 Å². The smallest absolute Gasteiger partial charge is 0.285 e. The lowest BCUT2D eigenvalue weighted by atomic mass is 10.5. The summed E-state index contributed by atoms with van der Waals surface area (Å²) in [5.41, 5.74) is 1.64. The molecule has 0 bridgehead atoms. The van der Waals surface area contributed by atoms with Crippen LogP contribution in [0.2, 0.25) is 0 Å². The Morgan fingerprint density at radius 3 is 3.00 bits per heavy atom. The average Bonchev–Trinajstić information content (AvgIpc) is 2.71. The van der Waals surface area contributed by atoms with E-state index in [1.54, 1.807) is 18.8 Å². The van der Waals surface area contributed by atoms with Crippen molar-refractivity contribution in [1.82, 2.24) is 19.3 Å². The van der Waals surface area contributed by atoms with Crippen LogP contribution < -0.4 is 5.69 Å². The lowest BCUT2D eigenvalue weighted by molar-refractivity contribution is 0.652. The Bertz CT molecular complexity index is 441. The van der Waals surface area contributed by atoms with Gasteiger partial charge in [0.15, 0.2) is 0 Å². The maximum Gasteiger partial charge on any atom is 0.345 e. The highest BCUT2D eigenvalue weighted by Crippen LogP contribution is 2.05. The molecule has 0 aliphatic carbocycles. The summed E-state index contributed by atoms with van der Waals surface area (Å²) >= 11 is 1.52. The first kappa shape index (κ1) is 8.18. The van der Waals surface area contributed by atoms with E-state index in [1.807, 2.05) is 0 Å². The van der Waals surface area contributed by atoms with Crippen LogP contribution in [0.5, 0.6) is 0 Å². The quantitative estimate of drug-likeness (QED) is 0.684. The third kappa shape index (κ3) is 1.52. The molecule has 0 spiro atoms. The van der Waals surface area contributed by atoms with Gasteiger partial charge in [-0.2, -0.15) is 5.10 Å². The van der Waals surface area contributed by atoms with Crippen molar-refractivity contribution in [1.29, 1.82) is 0 Å². The Morgan fingerprint density at radius 2 is 2.46 bits per heavy atom. The van der Waals surface area contributed by atoms with Crippen LogP contribution in [0.4, 0.5) is 0 Å². The Balaban J connectivity index is 2.29. The number of nitrogens with zero attached hydrogens (tertiary/aromatic N) is 4. The molecule has 0 aliphatic heterocycles. The van der Waals surface area contributed by atoms with Gasteiger partial charge >= 0.3 is 5.69 Å². The van der Waals surface area contributed by atoms with E-state index < -0.39 is 0 Å². The summed E-state index contributed by atoms with van der Waals surface area (Å²) in [7, 11) is 1.68. The van der Waals surface area contributed by atoms with Crippen LogP contribution in [0.1, 0.15) is 4.88 Å². The summed E-state index contributed by atoms with van der Waals surface area (Å²) in [5, 5.41) is 3.94. The molecule has 0 saturated heterocycles. The second kappa shape index (κ2) is 3.14. The topological polar surface area (TPSA) is 52.7 Å². The zero-order valence-electron chi connectivity index (χ0n) is 7.04. The fourth-order valence-electron chi connectivity index (χ4n) is 0.997. The molecule has 2 heterocycles. The number of thiazole rings is 1. The van der Waals surface area contributed by atoms with Gasteiger partial charge in [0.05, 0.1) is 12.1 Å². The van der Waals surface area contributed by atoms with Crippen molar-refractivity contribution in [3.63, 3.8) is 0 Å². The van der Waals surface area contributed by atoms with Crippen LogP contribution in [0.15, 0.2) is 22.8 Å². The Morgan fingerprint density at radius 1 is 1.62 bits per heavy atom.